The summed E-state index contributed by atoms with van der Waals surface area (Å²) < 4.78 is 12.1. The van der Waals surface area contributed by atoms with Crippen LogP contribution in [0.5, 0.6) is 0 Å². The second-order valence-electron chi connectivity index (χ2n) is 8.51. The van der Waals surface area contributed by atoms with Gasteiger partial charge < -0.3 is 14.4 Å². The molecule has 2 saturated heterocycles. The number of fused-ring (bicyclic) bond motifs is 2. The van der Waals surface area contributed by atoms with Crippen LogP contribution in [0, 0.1) is 23.7 Å². The van der Waals surface area contributed by atoms with Crippen LogP contribution < -0.4 is 0 Å². The van der Waals surface area contributed by atoms with E-state index < -0.39 is 0 Å². The molecule has 4 rings (SSSR count). The lowest BCUT2D eigenvalue weighted by molar-refractivity contribution is -0.145. The summed E-state index contributed by atoms with van der Waals surface area (Å²) >= 11 is 0. The summed E-state index contributed by atoms with van der Waals surface area (Å²) in [5, 5.41) is 0. The van der Waals surface area contributed by atoms with Gasteiger partial charge in [-0.15, -0.1) is 0 Å². The van der Waals surface area contributed by atoms with Crippen molar-refractivity contribution in [3.05, 3.63) is 0 Å². The first-order valence-electron chi connectivity index (χ1n) is 10.3. The van der Waals surface area contributed by atoms with Crippen molar-refractivity contribution < 1.29 is 14.3 Å². The minimum absolute atomic E-state index is 0.0327. The topological polar surface area (TPSA) is 38.8 Å². The van der Waals surface area contributed by atoms with E-state index in [1.165, 1.54) is 58.0 Å². The molecule has 4 fully saturated rings. The maximum absolute atomic E-state index is 12.3. The van der Waals surface area contributed by atoms with Gasteiger partial charge in [0.15, 0.2) is 0 Å². The first-order chi connectivity index (χ1) is 11.7. The zero-order chi connectivity index (χ0) is 16.5. The van der Waals surface area contributed by atoms with E-state index in [2.05, 4.69) is 11.8 Å². The van der Waals surface area contributed by atoms with E-state index in [0.29, 0.717) is 17.8 Å². The second kappa shape index (κ2) is 7.33. The minimum atomic E-state index is 0.0327. The number of nitrogens with zero attached hydrogens (tertiary/aromatic N) is 1. The van der Waals surface area contributed by atoms with Gasteiger partial charge in [0.2, 0.25) is 0 Å². The van der Waals surface area contributed by atoms with Crippen LogP contribution >= 0.6 is 0 Å². The Bertz CT molecular complexity index is 448. The summed E-state index contributed by atoms with van der Waals surface area (Å²) in [6, 6.07) is 0. The maximum atomic E-state index is 12.3. The number of ether oxygens (including phenoxy) is 2. The number of esters is 1. The molecule has 0 aromatic rings. The highest BCUT2D eigenvalue weighted by molar-refractivity contribution is 5.75. The van der Waals surface area contributed by atoms with E-state index in [4.69, 9.17) is 9.47 Å². The zero-order valence-electron chi connectivity index (χ0n) is 15.1. The van der Waals surface area contributed by atoms with E-state index in [0.717, 1.165) is 19.6 Å². The Balaban J connectivity index is 1.41. The molecule has 0 spiro atoms. The van der Waals surface area contributed by atoms with E-state index in [1.54, 1.807) is 0 Å². The van der Waals surface area contributed by atoms with Crippen LogP contribution in [-0.4, -0.2) is 49.3 Å². The number of piperidine rings is 1. The minimum Gasteiger partial charge on any atom is -0.462 e. The average Bonchev–Trinajstić information content (AvgIpc) is 2.89. The Kier molecular flexibility index (Phi) is 5.14. The van der Waals surface area contributed by atoms with Crippen LogP contribution in [0.3, 0.4) is 0 Å². The summed E-state index contributed by atoms with van der Waals surface area (Å²) in [7, 11) is 0. The Labute approximate surface area is 146 Å². The first kappa shape index (κ1) is 16.8. The van der Waals surface area contributed by atoms with Gasteiger partial charge >= 0.3 is 5.97 Å². The van der Waals surface area contributed by atoms with Crippen molar-refractivity contribution in [1.82, 2.24) is 4.90 Å². The van der Waals surface area contributed by atoms with E-state index in [1.807, 2.05) is 0 Å². The number of likely N-dealkylation sites (tertiary alicyclic amines) is 1. The molecular formula is C20H33NO3. The Morgan fingerprint density at radius 3 is 2.75 bits per heavy atom. The lowest BCUT2D eigenvalue weighted by Crippen LogP contribution is -2.49. The van der Waals surface area contributed by atoms with Gasteiger partial charge in [-0.2, -0.15) is 0 Å². The van der Waals surface area contributed by atoms with Gasteiger partial charge in [-0.1, -0.05) is 25.7 Å². The van der Waals surface area contributed by atoms with Crippen molar-refractivity contribution >= 4 is 5.97 Å². The van der Waals surface area contributed by atoms with Crippen LogP contribution in [0.25, 0.3) is 0 Å². The first-order valence-corrected chi connectivity index (χ1v) is 10.3. The van der Waals surface area contributed by atoms with Crippen molar-refractivity contribution in [2.45, 2.75) is 70.5 Å². The quantitative estimate of drug-likeness (QED) is 0.739. The molecule has 2 aliphatic heterocycles. The lowest BCUT2D eigenvalue weighted by Gasteiger charge is -2.46. The molecule has 0 radical (unpaired) electrons. The second-order valence-corrected chi connectivity index (χ2v) is 8.51. The van der Waals surface area contributed by atoms with Crippen LogP contribution in [0.1, 0.15) is 58.3 Å². The zero-order valence-corrected chi connectivity index (χ0v) is 15.1. The van der Waals surface area contributed by atoms with Crippen molar-refractivity contribution in [2.24, 2.45) is 23.7 Å². The molecule has 136 valence electrons. The molecular weight excluding hydrogens is 302 g/mol. The number of carbonyl (C=O) groups excluding carboxylic acids is 1. The number of rotatable bonds is 4. The highest BCUT2D eigenvalue weighted by Gasteiger charge is 2.55. The fourth-order valence-corrected chi connectivity index (χ4v) is 5.89. The van der Waals surface area contributed by atoms with Gasteiger partial charge in [-0.3, -0.25) is 4.79 Å². The van der Waals surface area contributed by atoms with Crippen LogP contribution in [0.15, 0.2) is 0 Å². The third-order valence-electron chi connectivity index (χ3n) is 7.10. The number of hydrogen-bond donors (Lipinski definition) is 0. The fourth-order valence-electron chi connectivity index (χ4n) is 5.89. The molecule has 2 heterocycles. The van der Waals surface area contributed by atoms with Gasteiger partial charge in [0.05, 0.1) is 18.6 Å². The van der Waals surface area contributed by atoms with Gasteiger partial charge in [0.1, 0.15) is 6.10 Å². The average molecular weight is 335 g/mol. The van der Waals surface area contributed by atoms with E-state index in [-0.39, 0.29) is 24.1 Å². The van der Waals surface area contributed by atoms with Gasteiger partial charge in [0.25, 0.3) is 0 Å². The molecule has 6 unspecified atom stereocenters. The van der Waals surface area contributed by atoms with Gasteiger partial charge in [-0.25, -0.2) is 0 Å². The molecule has 0 amide bonds. The van der Waals surface area contributed by atoms with Crippen molar-refractivity contribution in [3.8, 4) is 0 Å². The third kappa shape index (κ3) is 3.24. The maximum Gasteiger partial charge on any atom is 0.309 e. The third-order valence-corrected chi connectivity index (χ3v) is 7.10. The molecule has 24 heavy (non-hydrogen) atoms. The predicted octanol–water partition coefficient (Wildman–Crippen LogP) is 3.25. The molecule has 6 atom stereocenters. The van der Waals surface area contributed by atoms with Crippen LogP contribution in [0.4, 0.5) is 0 Å². The Hall–Kier alpha value is -0.610. The molecule has 2 aliphatic carbocycles. The molecule has 0 aromatic carbocycles. The molecule has 4 nitrogen and oxygen atoms in total. The highest BCUT2D eigenvalue weighted by Crippen LogP contribution is 2.50. The lowest BCUT2D eigenvalue weighted by atomic mass is 9.61. The fraction of sp³-hybridized carbons (Fsp3) is 0.950. The van der Waals surface area contributed by atoms with Crippen LogP contribution in [0.2, 0.25) is 0 Å². The van der Waals surface area contributed by atoms with Crippen LogP contribution in [-0.2, 0) is 14.3 Å². The summed E-state index contributed by atoms with van der Waals surface area (Å²) in [6.07, 6.45) is 10.6. The number of carbonyl (C=O) groups is 1. The summed E-state index contributed by atoms with van der Waals surface area (Å²) in [4.78, 5) is 14.8. The van der Waals surface area contributed by atoms with E-state index in [9.17, 15) is 4.79 Å². The SMILES string of the molecule is CC1OC(=O)C2CC3CCCCC3C(OCCN3CCCCC3)C12. The normalized spacial score (nSPS) is 43.1. The Morgan fingerprint density at radius 1 is 1.12 bits per heavy atom. The van der Waals surface area contributed by atoms with Gasteiger partial charge in [0, 0.05) is 12.5 Å². The molecule has 0 aromatic heterocycles. The summed E-state index contributed by atoms with van der Waals surface area (Å²) in [5.41, 5.74) is 0. The van der Waals surface area contributed by atoms with Crippen molar-refractivity contribution in [2.75, 3.05) is 26.2 Å². The molecule has 0 N–H and O–H groups in total. The largest absolute Gasteiger partial charge is 0.462 e. The monoisotopic (exact) mass is 335 g/mol. The summed E-state index contributed by atoms with van der Waals surface area (Å²) in [5.74, 6) is 1.76. The number of hydrogen-bond acceptors (Lipinski definition) is 4. The molecule has 2 saturated carbocycles. The summed E-state index contributed by atoms with van der Waals surface area (Å²) in [6.45, 7) is 6.40. The molecule has 4 heteroatoms. The van der Waals surface area contributed by atoms with Gasteiger partial charge in [-0.05, 0) is 57.5 Å². The van der Waals surface area contributed by atoms with Crippen molar-refractivity contribution in [3.63, 3.8) is 0 Å². The molecule has 4 aliphatic rings. The predicted molar refractivity (Wildman–Crippen MR) is 92.6 cm³/mol. The Morgan fingerprint density at radius 2 is 1.92 bits per heavy atom. The van der Waals surface area contributed by atoms with Crippen molar-refractivity contribution in [1.29, 1.82) is 0 Å². The highest BCUT2D eigenvalue weighted by atomic mass is 16.6. The number of cyclic esters (lactones) is 1. The molecule has 0 bridgehead atoms. The standard InChI is InChI=1S/C20H33NO3/c1-14-18-17(20(22)24-14)13-15-7-3-4-8-16(15)19(18)23-12-11-21-9-5-2-6-10-21/h14-19H,2-13H2,1H3. The smallest absolute Gasteiger partial charge is 0.309 e. The van der Waals surface area contributed by atoms with E-state index >= 15 is 0 Å².